The van der Waals surface area contributed by atoms with Gasteiger partial charge < -0.3 is 4.57 Å². The Morgan fingerprint density at radius 3 is 2.43 bits per heavy atom. The molecule has 1 aliphatic heterocycles. The van der Waals surface area contributed by atoms with Crippen LogP contribution in [0.25, 0.3) is 0 Å². The Morgan fingerprint density at radius 2 is 1.86 bits per heavy atom. The van der Waals surface area contributed by atoms with Gasteiger partial charge in [-0.05, 0) is 38.1 Å². The molecule has 2 heteroatoms. The Morgan fingerprint density at radius 1 is 1.14 bits per heavy atom. The zero-order valence-electron chi connectivity index (χ0n) is 9.08. The van der Waals surface area contributed by atoms with E-state index in [1.807, 2.05) is 0 Å². The highest BCUT2D eigenvalue weighted by Crippen LogP contribution is 2.12. The van der Waals surface area contributed by atoms with Gasteiger partial charge in [0.2, 0.25) is 0 Å². The molecule has 1 saturated heterocycles. The Kier molecular flexibility index (Phi) is 3.25. The molecule has 0 saturated carbocycles. The van der Waals surface area contributed by atoms with Crippen LogP contribution in [-0.2, 0) is 13.6 Å². The maximum atomic E-state index is 2.59. The van der Waals surface area contributed by atoms with Gasteiger partial charge in [-0.25, -0.2) is 0 Å². The van der Waals surface area contributed by atoms with E-state index < -0.39 is 0 Å². The van der Waals surface area contributed by atoms with Gasteiger partial charge in [0.25, 0.3) is 0 Å². The molecule has 0 spiro atoms. The minimum atomic E-state index is 1.13. The molecule has 0 bridgehead atoms. The van der Waals surface area contributed by atoms with Crippen LogP contribution in [0.1, 0.15) is 31.4 Å². The molecule has 0 unspecified atom stereocenters. The highest BCUT2D eigenvalue weighted by molar-refractivity contribution is 5.06. The highest BCUT2D eigenvalue weighted by Gasteiger charge is 2.10. The van der Waals surface area contributed by atoms with E-state index in [2.05, 4.69) is 34.8 Å². The van der Waals surface area contributed by atoms with Crippen molar-refractivity contribution in [2.45, 2.75) is 32.2 Å². The van der Waals surface area contributed by atoms with Crippen molar-refractivity contribution in [1.82, 2.24) is 9.47 Å². The maximum Gasteiger partial charge on any atom is 0.0387 e. The summed E-state index contributed by atoms with van der Waals surface area (Å²) in [5.74, 6) is 0. The lowest BCUT2D eigenvalue weighted by molar-refractivity contribution is 0.271. The quantitative estimate of drug-likeness (QED) is 0.698. The zero-order valence-corrected chi connectivity index (χ0v) is 9.08. The molecular weight excluding hydrogens is 172 g/mol. The van der Waals surface area contributed by atoms with Crippen molar-refractivity contribution >= 4 is 0 Å². The summed E-state index contributed by atoms with van der Waals surface area (Å²) in [6, 6.07) is 4.36. The number of rotatable bonds is 2. The third-order valence-electron chi connectivity index (χ3n) is 3.14. The molecule has 2 heterocycles. The van der Waals surface area contributed by atoms with E-state index >= 15 is 0 Å². The summed E-state index contributed by atoms with van der Waals surface area (Å²) in [5.41, 5.74) is 1.44. The first-order chi connectivity index (χ1) is 6.86. The lowest BCUT2D eigenvalue weighted by atomic mass is 10.2. The van der Waals surface area contributed by atoms with E-state index in [0.29, 0.717) is 0 Å². The van der Waals surface area contributed by atoms with Crippen LogP contribution < -0.4 is 0 Å². The summed E-state index contributed by atoms with van der Waals surface area (Å²) >= 11 is 0. The number of hydrogen-bond donors (Lipinski definition) is 0. The lowest BCUT2D eigenvalue weighted by Gasteiger charge is -2.19. The normalized spacial score (nSPS) is 19.5. The Hall–Kier alpha value is -0.760. The first-order valence-corrected chi connectivity index (χ1v) is 5.69. The van der Waals surface area contributed by atoms with E-state index in [-0.39, 0.29) is 0 Å². The van der Waals surface area contributed by atoms with Crippen LogP contribution >= 0.6 is 0 Å². The lowest BCUT2D eigenvalue weighted by Crippen LogP contribution is -2.24. The van der Waals surface area contributed by atoms with Crippen LogP contribution in [-0.4, -0.2) is 22.6 Å². The van der Waals surface area contributed by atoms with E-state index in [0.717, 1.165) is 6.54 Å². The van der Waals surface area contributed by atoms with Gasteiger partial charge in [0.15, 0.2) is 0 Å². The summed E-state index contributed by atoms with van der Waals surface area (Å²) < 4.78 is 2.23. The number of nitrogens with zero attached hydrogens (tertiary/aromatic N) is 2. The second-order valence-corrected chi connectivity index (χ2v) is 4.30. The van der Waals surface area contributed by atoms with Crippen molar-refractivity contribution in [2.75, 3.05) is 13.1 Å². The van der Waals surface area contributed by atoms with E-state index in [9.17, 15) is 0 Å². The van der Waals surface area contributed by atoms with Gasteiger partial charge in [0.1, 0.15) is 0 Å². The van der Waals surface area contributed by atoms with Crippen LogP contribution in [0.4, 0.5) is 0 Å². The Balaban J connectivity index is 1.92. The monoisotopic (exact) mass is 192 g/mol. The number of aryl methyl sites for hydroxylation is 1. The molecule has 0 aliphatic carbocycles. The number of aromatic nitrogens is 1. The van der Waals surface area contributed by atoms with Gasteiger partial charge in [-0.15, -0.1) is 0 Å². The molecule has 0 aromatic carbocycles. The maximum absolute atomic E-state index is 2.59. The average molecular weight is 192 g/mol. The van der Waals surface area contributed by atoms with Gasteiger partial charge >= 0.3 is 0 Å². The summed E-state index contributed by atoms with van der Waals surface area (Å²) in [5, 5.41) is 0. The fourth-order valence-corrected chi connectivity index (χ4v) is 2.18. The van der Waals surface area contributed by atoms with Crippen LogP contribution in [0.3, 0.4) is 0 Å². The molecule has 1 aromatic heterocycles. The standard InChI is InChI=1S/C12H20N2/c1-13-8-6-7-12(13)11-14-9-4-2-3-5-10-14/h6-8H,2-5,9-11H2,1H3. The molecule has 14 heavy (non-hydrogen) atoms. The van der Waals surface area contributed by atoms with Crippen LogP contribution in [0.5, 0.6) is 0 Å². The largest absolute Gasteiger partial charge is 0.353 e. The van der Waals surface area contributed by atoms with Gasteiger partial charge in [-0.2, -0.15) is 0 Å². The van der Waals surface area contributed by atoms with Crippen molar-refractivity contribution < 1.29 is 0 Å². The van der Waals surface area contributed by atoms with Crippen molar-refractivity contribution in [3.8, 4) is 0 Å². The van der Waals surface area contributed by atoms with Gasteiger partial charge in [-0.1, -0.05) is 12.8 Å². The minimum absolute atomic E-state index is 1.13. The SMILES string of the molecule is Cn1cccc1CN1CCCCCC1. The van der Waals surface area contributed by atoms with Crippen molar-refractivity contribution in [1.29, 1.82) is 0 Å². The third kappa shape index (κ3) is 2.38. The molecule has 2 nitrogen and oxygen atoms in total. The first kappa shape index (κ1) is 9.78. The van der Waals surface area contributed by atoms with Crippen LogP contribution in [0.15, 0.2) is 18.3 Å². The van der Waals surface area contributed by atoms with Crippen LogP contribution in [0, 0.1) is 0 Å². The summed E-state index contributed by atoms with van der Waals surface area (Å²) in [7, 11) is 2.13. The summed E-state index contributed by atoms with van der Waals surface area (Å²) in [4.78, 5) is 2.59. The second kappa shape index (κ2) is 4.65. The molecule has 1 aliphatic rings. The third-order valence-corrected chi connectivity index (χ3v) is 3.14. The highest BCUT2D eigenvalue weighted by atomic mass is 15.1. The molecule has 78 valence electrons. The first-order valence-electron chi connectivity index (χ1n) is 5.69. The zero-order chi connectivity index (χ0) is 9.80. The summed E-state index contributed by atoms with van der Waals surface area (Å²) in [6.07, 6.45) is 7.73. The predicted molar refractivity (Wildman–Crippen MR) is 59.2 cm³/mol. The predicted octanol–water partition coefficient (Wildman–Crippen LogP) is 2.40. The molecule has 1 aromatic rings. The fourth-order valence-electron chi connectivity index (χ4n) is 2.18. The van der Waals surface area contributed by atoms with Crippen molar-refractivity contribution in [3.63, 3.8) is 0 Å². The van der Waals surface area contributed by atoms with E-state index in [1.54, 1.807) is 0 Å². The summed E-state index contributed by atoms with van der Waals surface area (Å²) in [6.45, 7) is 3.69. The van der Waals surface area contributed by atoms with Crippen molar-refractivity contribution in [2.24, 2.45) is 7.05 Å². The molecular formula is C12H20N2. The molecule has 0 N–H and O–H groups in total. The molecule has 2 rings (SSSR count). The topological polar surface area (TPSA) is 8.17 Å². The smallest absolute Gasteiger partial charge is 0.0387 e. The Labute approximate surface area is 86.5 Å². The van der Waals surface area contributed by atoms with Gasteiger partial charge in [-0.3, -0.25) is 4.90 Å². The van der Waals surface area contributed by atoms with E-state index in [1.165, 1.54) is 44.5 Å². The van der Waals surface area contributed by atoms with Gasteiger partial charge in [0, 0.05) is 25.5 Å². The fraction of sp³-hybridized carbons (Fsp3) is 0.667. The van der Waals surface area contributed by atoms with E-state index in [4.69, 9.17) is 0 Å². The van der Waals surface area contributed by atoms with Crippen molar-refractivity contribution in [3.05, 3.63) is 24.0 Å². The minimum Gasteiger partial charge on any atom is -0.353 e. The Bertz CT molecular complexity index is 270. The van der Waals surface area contributed by atoms with Crippen LogP contribution in [0.2, 0.25) is 0 Å². The second-order valence-electron chi connectivity index (χ2n) is 4.30. The molecule has 0 atom stereocenters. The molecule has 0 amide bonds. The van der Waals surface area contributed by atoms with Gasteiger partial charge in [0.05, 0.1) is 0 Å². The number of hydrogen-bond acceptors (Lipinski definition) is 1. The molecule has 1 fully saturated rings. The molecule has 0 radical (unpaired) electrons. The average Bonchev–Trinajstić information content (AvgIpc) is 2.44. The number of likely N-dealkylation sites (tertiary alicyclic amines) is 1.